The van der Waals surface area contributed by atoms with E-state index >= 15 is 0 Å². The zero-order valence-corrected chi connectivity index (χ0v) is 13.8. The molecule has 25 heavy (non-hydrogen) atoms. The molecule has 1 aliphatic heterocycles. The van der Waals surface area contributed by atoms with E-state index in [0.29, 0.717) is 19.0 Å². The van der Waals surface area contributed by atoms with E-state index in [4.69, 9.17) is 16.3 Å². The number of halogens is 1. The lowest BCUT2D eigenvalue weighted by Gasteiger charge is -2.27. The number of morpholine rings is 1. The first-order valence-electron chi connectivity index (χ1n) is 7.46. The molecule has 1 aromatic heterocycles. The van der Waals surface area contributed by atoms with Crippen LogP contribution in [-0.2, 0) is 4.74 Å². The van der Waals surface area contributed by atoms with Gasteiger partial charge < -0.3 is 15.0 Å². The number of ether oxygens (including phenoxy) is 1. The summed E-state index contributed by atoms with van der Waals surface area (Å²) in [5.41, 5.74) is 0.223. The maximum atomic E-state index is 12.2. The van der Waals surface area contributed by atoms with Gasteiger partial charge in [0.05, 0.1) is 28.8 Å². The number of nitrogens with one attached hydrogen (secondary N) is 1. The zero-order chi connectivity index (χ0) is 17.8. The van der Waals surface area contributed by atoms with Crippen molar-refractivity contribution in [1.82, 2.24) is 10.2 Å². The second-order valence-electron chi connectivity index (χ2n) is 5.25. The third-order valence-electron chi connectivity index (χ3n) is 3.63. The largest absolute Gasteiger partial charge is 0.378 e. The first-order valence-corrected chi connectivity index (χ1v) is 7.84. The Morgan fingerprint density at radius 2 is 2.00 bits per heavy atom. The van der Waals surface area contributed by atoms with E-state index in [1.54, 1.807) is 12.1 Å². The van der Waals surface area contributed by atoms with Gasteiger partial charge in [-0.25, -0.2) is 0 Å². The van der Waals surface area contributed by atoms with E-state index in [-0.39, 0.29) is 22.1 Å². The summed E-state index contributed by atoms with van der Waals surface area (Å²) in [6.07, 6.45) is 0. The summed E-state index contributed by atoms with van der Waals surface area (Å²) >= 11 is 5.96. The van der Waals surface area contributed by atoms with E-state index in [9.17, 15) is 14.9 Å². The fourth-order valence-electron chi connectivity index (χ4n) is 2.31. The van der Waals surface area contributed by atoms with E-state index in [0.717, 1.165) is 13.1 Å². The predicted octanol–water partition coefficient (Wildman–Crippen LogP) is 2.13. The van der Waals surface area contributed by atoms with Crippen molar-refractivity contribution in [3.05, 3.63) is 51.2 Å². The second kappa shape index (κ2) is 7.41. The van der Waals surface area contributed by atoms with Crippen LogP contribution < -0.4 is 10.2 Å². The fourth-order valence-corrected chi connectivity index (χ4v) is 2.53. The Balaban J connectivity index is 1.70. The minimum atomic E-state index is -0.562. The van der Waals surface area contributed by atoms with Gasteiger partial charge in [-0.2, -0.15) is 0 Å². The lowest BCUT2D eigenvalue weighted by atomic mass is 10.2. The van der Waals surface area contributed by atoms with Gasteiger partial charge in [0.2, 0.25) is 0 Å². The van der Waals surface area contributed by atoms with Crippen LogP contribution in [0.1, 0.15) is 10.5 Å². The van der Waals surface area contributed by atoms with Crippen molar-refractivity contribution in [3.63, 3.8) is 0 Å². The number of rotatable bonds is 4. The molecule has 1 aliphatic rings. The molecule has 130 valence electrons. The number of non-ortho nitro benzene ring substituents is 1. The molecule has 3 rings (SSSR count). The number of nitrogens with zero attached hydrogens (tertiary/aromatic N) is 4. The summed E-state index contributed by atoms with van der Waals surface area (Å²) in [5, 5.41) is 21.3. The summed E-state index contributed by atoms with van der Waals surface area (Å²) < 4.78 is 5.28. The molecule has 0 radical (unpaired) electrons. The second-order valence-corrected chi connectivity index (χ2v) is 5.66. The van der Waals surface area contributed by atoms with Gasteiger partial charge in [-0.1, -0.05) is 11.6 Å². The van der Waals surface area contributed by atoms with Crippen LogP contribution in [0.15, 0.2) is 30.3 Å². The molecule has 0 unspecified atom stereocenters. The summed E-state index contributed by atoms with van der Waals surface area (Å²) in [4.78, 5) is 24.4. The van der Waals surface area contributed by atoms with E-state index in [2.05, 4.69) is 15.5 Å². The molecule has 1 aromatic carbocycles. The van der Waals surface area contributed by atoms with Crippen molar-refractivity contribution >= 4 is 34.7 Å². The van der Waals surface area contributed by atoms with Crippen LogP contribution >= 0.6 is 11.6 Å². The van der Waals surface area contributed by atoms with E-state index in [1.807, 2.05) is 4.90 Å². The standard InChI is InChI=1S/C15H14ClN5O4/c16-11-9-10(21(23)24)1-2-12(11)17-15(22)13-3-4-14(19-18-13)20-5-7-25-8-6-20/h1-4,9H,5-8H2,(H,17,22). The van der Waals surface area contributed by atoms with Gasteiger partial charge >= 0.3 is 0 Å². The molecular weight excluding hydrogens is 350 g/mol. The first kappa shape index (κ1) is 17.1. The summed E-state index contributed by atoms with van der Waals surface area (Å²) in [6.45, 7) is 2.70. The monoisotopic (exact) mass is 363 g/mol. The maximum Gasteiger partial charge on any atom is 0.276 e. The highest BCUT2D eigenvalue weighted by molar-refractivity contribution is 6.34. The molecule has 2 heterocycles. The number of nitro groups is 1. The molecule has 1 amide bonds. The molecule has 1 fully saturated rings. The average Bonchev–Trinajstić information content (AvgIpc) is 2.64. The lowest BCUT2D eigenvalue weighted by molar-refractivity contribution is -0.384. The number of hydrogen-bond donors (Lipinski definition) is 1. The molecule has 0 bridgehead atoms. The third kappa shape index (κ3) is 4.01. The summed E-state index contributed by atoms with van der Waals surface area (Å²) in [6, 6.07) is 7.07. The van der Waals surface area contributed by atoms with Crippen molar-refractivity contribution in [2.24, 2.45) is 0 Å². The molecule has 1 saturated heterocycles. The minimum Gasteiger partial charge on any atom is -0.378 e. The van der Waals surface area contributed by atoms with Crippen LogP contribution in [0.3, 0.4) is 0 Å². The number of hydrogen-bond acceptors (Lipinski definition) is 7. The Hall–Kier alpha value is -2.78. The number of amides is 1. The highest BCUT2D eigenvalue weighted by atomic mass is 35.5. The van der Waals surface area contributed by atoms with Crippen molar-refractivity contribution in [3.8, 4) is 0 Å². The molecule has 1 N–H and O–H groups in total. The molecule has 0 saturated carbocycles. The smallest absolute Gasteiger partial charge is 0.276 e. The van der Waals surface area contributed by atoms with E-state index in [1.165, 1.54) is 18.2 Å². The topological polar surface area (TPSA) is 110 Å². The molecular formula is C15H14ClN5O4. The Kier molecular flexibility index (Phi) is 5.05. The molecule has 10 heteroatoms. The number of nitro benzene ring substituents is 1. The van der Waals surface area contributed by atoms with Gasteiger partial charge in [0, 0.05) is 25.2 Å². The lowest BCUT2D eigenvalue weighted by Crippen LogP contribution is -2.37. The fraction of sp³-hybridized carbons (Fsp3) is 0.267. The Morgan fingerprint density at radius 1 is 1.24 bits per heavy atom. The highest BCUT2D eigenvalue weighted by Gasteiger charge is 2.16. The van der Waals surface area contributed by atoms with Crippen molar-refractivity contribution < 1.29 is 14.5 Å². The van der Waals surface area contributed by atoms with Crippen LogP contribution in [0.2, 0.25) is 5.02 Å². The molecule has 0 spiro atoms. The molecule has 0 aliphatic carbocycles. The third-order valence-corrected chi connectivity index (χ3v) is 3.94. The van der Waals surface area contributed by atoms with E-state index < -0.39 is 10.8 Å². The van der Waals surface area contributed by atoms with Gasteiger partial charge in [0.25, 0.3) is 11.6 Å². The van der Waals surface area contributed by atoms with Gasteiger partial charge in [-0.05, 0) is 18.2 Å². The van der Waals surface area contributed by atoms with Crippen LogP contribution in [0.5, 0.6) is 0 Å². The Bertz CT molecular complexity index is 793. The van der Waals surface area contributed by atoms with Crippen LogP contribution in [0.4, 0.5) is 17.2 Å². The molecule has 2 aromatic rings. The zero-order valence-electron chi connectivity index (χ0n) is 13.0. The molecule has 9 nitrogen and oxygen atoms in total. The number of anilines is 2. The summed E-state index contributed by atoms with van der Waals surface area (Å²) in [7, 11) is 0. The maximum absolute atomic E-state index is 12.2. The quantitative estimate of drug-likeness (QED) is 0.654. The van der Waals surface area contributed by atoms with Gasteiger partial charge in [0.1, 0.15) is 0 Å². The minimum absolute atomic E-state index is 0.0699. The number of carbonyl (C=O) groups is 1. The SMILES string of the molecule is O=C(Nc1ccc([N+](=O)[O-])cc1Cl)c1ccc(N2CCOCC2)nn1. The van der Waals surface area contributed by atoms with Crippen LogP contribution in [0.25, 0.3) is 0 Å². The Labute approximate surface area is 147 Å². The van der Waals surface area contributed by atoms with Crippen molar-refractivity contribution in [1.29, 1.82) is 0 Å². The predicted molar refractivity (Wildman–Crippen MR) is 91.1 cm³/mol. The van der Waals surface area contributed by atoms with Crippen LogP contribution in [-0.4, -0.2) is 47.3 Å². The van der Waals surface area contributed by atoms with Gasteiger partial charge in [-0.3, -0.25) is 14.9 Å². The first-order chi connectivity index (χ1) is 12.0. The van der Waals surface area contributed by atoms with Gasteiger partial charge in [0.15, 0.2) is 11.5 Å². The Morgan fingerprint density at radius 3 is 2.60 bits per heavy atom. The number of benzene rings is 1. The normalized spacial score (nSPS) is 14.2. The van der Waals surface area contributed by atoms with Crippen LogP contribution in [0, 0.1) is 10.1 Å². The average molecular weight is 364 g/mol. The molecule has 0 atom stereocenters. The summed E-state index contributed by atoms with van der Waals surface area (Å²) in [5.74, 6) is 0.171. The highest BCUT2D eigenvalue weighted by Crippen LogP contribution is 2.27. The van der Waals surface area contributed by atoms with Gasteiger partial charge in [-0.15, -0.1) is 10.2 Å². The number of aromatic nitrogens is 2. The number of carbonyl (C=O) groups excluding carboxylic acids is 1. The van der Waals surface area contributed by atoms with Crippen molar-refractivity contribution in [2.45, 2.75) is 0 Å². The van der Waals surface area contributed by atoms with Crippen molar-refractivity contribution in [2.75, 3.05) is 36.5 Å².